The van der Waals surface area contributed by atoms with Crippen LogP contribution in [-0.2, 0) is 0 Å². The van der Waals surface area contributed by atoms with Gasteiger partial charge in [-0.25, -0.2) is 0 Å². The van der Waals surface area contributed by atoms with Gasteiger partial charge in [-0.05, 0) is 57.5 Å². The van der Waals surface area contributed by atoms with Gasteiger partial charge in [-0.3, -0.25) is 4.90 Å². The number of aliphatic hydroxyl groups is 1. The SMILES string of the molecule is CCC1(CO)CCN(C(C)c2nc(C3CC3)no2)CC1. The highest BCUT2D eigenvalue weighted by atomic mass is 16.5. The van der Waals surface area contributed by atoms with Crippen LogP contribution in [0.2, 0.25) is 0 Å². The second-order valence-electron chi connectivity index (χ2n) is 6.49. The lowest BCUT2D eigenvalue weighted by Gasteiger charge is -2.41. The lowest BCUT2D eigenvalue weighted by Crippen LogP contribution is -2.42. The minimum absolute atomic E-state index is 0.129. The van der Waals surface area contributed by atoms with E-state index in [4.69, 9.17) is 4.52 Å². The Morgan fingerprint density at radius 2 is 2.10 bits per heavy atom. The largest absolute Gasteiger partial charge is 0.396 e. The lowest BCUT2D eigenvalue weighted by atomic mass is 9.77. The van der Waals surface area contributed by atoms with E-state index in [0.29, 0.717) is 12.5 Å². The Morgan fingerprint density at radius 3 is 2.65 bits per heavy atom. The Kier molecular flexibility index (Phi) is 3.82. The summed E-state index contributed by atoms with van der Waals surface area (Å²) in [5.74, 6) is 2.19. The van der Waals surface area contributed by atoms with Gasteiger partial charge in [-0.2, -0.15) is 4.98 Å². The molecule has 1 aromatic rings. The van der Waals surface area contributed by atoms with Crippen molar-refractivity contribution in [1.82, 2.24) is 15.0 Å². The maximum atomic E-state index is 9.60. The highest BCUT2D eigenvalue weighted by Gasteiger charge is 2.36. The lowest BCUT2D eigenvalue weighted by molar-refractivity contribution is 0.0216. The van der Waals surface area contributed by atoms with Gasteiger partial charge in [0.1, 0.15) is 0 Å². The summed E-state index contributed by atoms with van der Waals surface area (Å²) in [6.45, 7) is 6.61. The van der Waals surface area contributed by atoms with Crippen LogP contribution in [0.25, 0.3) is 0 Å². The first-order chi connectivity index (χ1) is 9.67. The van der Waals surface area contributed by atoms with Gasteiger partial charge in [0.2, 0.25) is 5.89 Å². The van der Waals surface area contributed by atoms with Gasteiger partial charge in [-0.15, -0.1) is 0 Å². The Hall–Kier alpha value is -0.940. The summed E-state index contributed by atoms with van der Waals surface area (Å²) >= 11 is 0. The zero-order chi connectivity index (χ0) is 14.2. The summed E-state index contributed by atoms with van der Waals surface area (Å²) in [7, 11) is 0. The third-order valence-corrected chi connectivity index (χ3v) is 5.25. The standard InChI is InChI=1S/C15H25N3O2/c1-3-15(10-19)6-8-18(9-7-15)11(2)14-16-13(17-20-14)12-4-5-12/h11-12,19H,3-10H2,1-2H3. The molecule has 0 spiro atoms. The normalized spacial score (nSPS) is 24.8. The molecule has 1 aliphatic heterocycles. The maximum Gasteiger partial charge on any atom is 0.243 e. The first-order valence-electron chi connectivity index (χ1n) is 7.86. The molecule has 1 N–H and O–H groups in total. The summed E-state index contributed by atoms with van der Waals surface area (Å²) in [5.41, 5.74) is 0.129. The first kappa shape index (κ1) is 14.0. The number of rotatable bonds is 5. The third-order valence-electron chi connectivity index (χ3n) is 5.25. The van der Waals surface area contributed by atoms with Crippen LogP contribution in [0.1, 0.15) is 69.6 Å². The molecule has 1 unspecified atom stereocenters. The summed E-state index contributed by atoms with van der Waals surface area (Å²) in [5, 5.41) is 13.7. The molecule has 0 amide bonds. The molecule has 5 nitrogen and oxygen atoms in total. The van der Waals surface area contributed by atoms with Gasteiger partial charge in [0, 0.05) is 12.5 Å². The fourth-order valence-corrected chi connectivity index (χ4v) is 3.09. The zero-order valence-corrected chi connectivity index (χ0v) is 12.5. The topological polar surface area (TPSA) is 62.4 Å². The van der Waals surface area contributed by atoms with Gasteiger partial charge in [0.25, 0.3) is 0 Å². The zero-order valence-electron chi connectivity index (χ0n) is 12.5. The van der Waals surface area contributed by atoms with Crippen LogP contribution in [0.4, 0.5) is 0 Å². The van der Waals surface area contributed by atoms with E-state index in [2.05, 4.69) is 28.9 Å². The van der Waals surface area contributed by atoms with Crippen molar-refractivity contribution in [3.05, 3.63) is 11.7 Å². The Morgan fingerprint density at radius 1 is 1.40 bits per heavy atom. The van der Waals surface area contributed by atoms with Gasteiger partial charge in [0.15, 0.2) is 5.82 Å². The Labute approximate surface area is 120 Å². The minimum Gasteiger partial charge on any atom is -0.396 e. The molecule has 0 bridgehead atoms. The molecule has 2 aliphatic rings. The van der Waals surface area contributed by atoms with Gasteiger partial charge in [0.05, 0.1) is 6.04 Å². The van der Waals surface area contributed by atoms with Gasteiger partial charge < -0.3 is 9.63 Å². The van der Waals surface area contributed by atoms with Crippen molar-refractivity contribution < 1.29 is 9.63 Å². The van der Waals surface area contributed by atoms with Crippen LogP contribution in [0, 0.1) is 5.41 Å². The molecule has 1 saturated carbocycles. The number of piperidine rings is 1. The van der Waals surface area contributed by atoms with Gasteiger partial charge >= 0.3 is 0 Å². The molecule has 1 aromatic heterocycles. The van der Waals surface area contributed by atoms with Crippen LogP contribution in [0.15, 0.2) is 4.52 Å². The van der Waals surface area contributed by atoms with Crippen molar-refractivity contribution in [1.29, 1.82) is 0 Å². The molecule has 5 heteroatoms. The van der Waals surface area contributed by atoms with Crippen LogP contribution in [0.5, 0.6) is 0 Å². The molecular formula is C15H25N3O2. The van der Waals surface area contributed by atoms with Crippen molar-refractivity contribution in [2.75, 3.05) is 19.7 Å². The fourth-order valence-electron chi connectivity index (χ4n) is 3.09. The summed E-state index contributed by atoms with van der Waals surface area (Å²) < 4.78 is 5.43. The van der Waals surface area contributed by atoms with E-state index in [9.17, 15) is 5.11 Å². The average Bonchev–Trinajstić information content (AvgIpc) is 3.24. The van der Waals surface area contributed by atoms with Crippen LogP contribution < -0.4 is 0 Å². The van der Waals surface area contributed by atoms with E-state index < -0.39 is 0 Å². The fraction of sp³-hybridized carbons (Fsp3) is 0.867. The van der Waals surface area contributed by atoms with Crippen molar-refractivity contribution in [3.8, 4) is 0 Å². The van der Waals surface area contributed by atoms with Crippen LogP contribution in [-0.4, -0.2) is 39.8 Å². The maximum absolute atomic E-state index is 9.60. The Balaban J connectivity index is 1.61. The van der Waals surface area contributed by atoms with E-state index in [1.54, 1.807) is 0 Å². The van der Waals surface area contributed by atoms with Crippen molar-refractivity contribution >= 4 is 0 Å². The number of aliphatic hydroxyl groups excluding tert-OH is 1. The number of hydrogen-bond acceptors (Lipinski definition) is 5. The predicted octanol–water partition coefficient (Wildman–Crippen LogP) is 2.49. The molecule has 2 heterocycles. The quantitative estimate of drug-likeness (QED) is 0.897. The molecule has 20 heavy (non-hydrogen) atoms. The van der Waals surface area contributed by atoms with E-state index in [0.717, 1.165) is 44.1 Å². The monoisotopic (exact) mass is 279 g/mol. The van der Waals surface area contributed by atoms with E-state index in [1.807, 2.05) is 0 Å². The highest BCUT2D eigenvalue weighted by Crippen LogP contribution is 2.40. The second kappa shape index (κ2) is 5.45. The van der Waals surface area contributed by atoms with Crippen molar-refractivity contribution in [2.24, 2.45) is 5.41 Å². The van der Waals surface area contributed by atoms with Crippen LogP contribution >= 0.6 is 0 Å². The number of likely N-dealkylation sites (tertiary alicyclic amines) is 1. The number of hydrogen-bond donors (Lipinski definition) is 1. The van der Waals surface area contributed by atoms with E-state index >= 15 is 0 Å². The molecule has 1 aliphatic carbocycles. The summed E-state index contributed by atoms with van der Waals surface area (Å²) in [6, 6.07) is 0.184. The highest BCUT2D eigenvalue weighted by molar-refractivity contribution is 5.05. The molecule has 112 valence electrons. The Bertz CT molecular complexity index is 442. The number of nitrogens with zero attached hydrogens (tertiary/aromatic N) is 3. The van der Waals surface area contributed by atoms with E-state index in [1.165, 1.54) is 12.8 Å². The average molecular weight is 279 g/mol. The van der Waals surface area contributed by atoms with Crippen molar-refractivity contribution in [2.45, 2.75) is 57.9 Å². The van der Waals surface area contributed by atoms with Crippen LogP contribution in [0.3, 0.4) is 0 Å². The summed E-state index contributed by atoms with van der Waals surface area (Å²) in [6.07, 6.45) is 5.55. The molecule has 1 saturated heterocycles. The van der Waals surface area contributed by atoms with E-state index in [-0.39, 0.29) is 11.5 Å². The molecular weight excluding hydrogens is 254 g/mol. The second-order valence-corrected chi connectivity index (χ2v) is 6.49. The molecule has 3 rings (SSSR count). The molecule has 0 aromatic carbocycles. The molecule has 2 fully saturated rings. The minimum atomic E-state index is 0.129. The number of aromatic nitrogens is 2. The summed E-state index contributed by atoms with van der Waals surface area (Å²) in [4.78, 5) is 6.95. The third kappa shape index (κ3) is 2.61. The molecule has 1 atom stereocenters. The first-order valence-corrected chi connectivity index (χ1v) is 7.86. The smallest absolute Gasteiger partial charge is 0.243 e. The van der Waals surface area contributed by atoms with Crippen molar-refractivity contribution in [3.63, 3.8) is 0 Å². The predicted molar refractivity (Wildman–Crippen MR) is 75.3 cm³/mol. The van der Waals surface area contributed by atoms with Gasteiger partial charge in [-0.1, -0.05) is 12.1 Å². The molecule has 0 radical (unpaired) electrons.